The van der Waals surface area contributed by atoms with Crippen LogP contribution in [0.5, 0.6) is 0 Å². The van der Waals surface area contributed by atoms with Gasteiger partial charge in [0.05, 0.1) is 23.5 Å². The summed E-state index contributed by atoms with van der Waals surface area (Å²) < 4.78 is 44.9. The van der Waals surface area contributed by atoms with Gasteiger partial charge in [0.25, 0.3) is 0 Å². The van der Waals surface area contributed by atoms with Gasteiger partial charge in [-0.25, -0.2) is 4.79 Å². The van der Waals surface area contributed by atoms with Crippen LogP contribution in [0.1, 0.15) is 24.0 Å². The van der Waals surface area contributed by atoms with Gasteiger partial charge >= 0.3 is 12.2 Å². The summed E-state index contributed by atoms with van der Waals surface area (Å²) >= 11 is 0. The molecule has 0 spiro atoms. The number of methoxy groups -OCH3 is 1. The van der Waals surface area contributed by atoms with Crippen molar-refractivity contribution in [1.82, 2.24) is 9.88 Å². The average Bonchev–Trinajstić information content (AvgIpc) is 3.25. The molecule has 0 atom stereocenters. The van der Waals surface area contributed by atoms with Crippen molar-refractivity contribution in [3.8, 4) is 0 Å². The first-order valence-corrected chi connectivity index (χ1v) is 9.78. The van der Waals surface area contributed by atoms with Crippen LogP contribution >= 0.6 is 0 Å². The fourth-order valence-corrected chi connectivity index (χ4v) is 3.41. The number of anilines is 2. The molecule has 0 radical (unpaired) electrons. The number of halogens is 3. The topological polar surface area (TPSA) is 57.7 Å². The lowest BCUT2D eigenvalue weighted by Crippen LogP contribution is -2.37. The zero-order chi connectivity index (χ0) is 21.6. The predicted molar refractivity (Wildman–Crippen MR) is 108 cm³/mol. The summed E-state index contributed by atoms with van der Waals surface area (Å²) in [5.41, 5.74) is 0.774. The van der Waals surface area contributed by atoms with E-state index in [4.69, 9.17) is 4.74 Å². The standard InChI is InChI=1S/C21H25F3N4O2/c1-30-12-11-28(15-16-5-4-8-25-14-16)20(29)26-18-13-17(21(22,23)24)6-7-19(18)27-9-2-3-10-27/h4-8,13-14H,2-3,9-12,15H2,1H3,(H,26,29). The van der Waals surface area contributed by atoms with E-state index in [0.29, 0.717) is 12.3 Å². The Bertz CT molecular complexity index is 840. The Balaban J connectivity index is 1.85. The summed E-state index contributed by atoms with van der Waals surface area (Å²) in [5, 5.41) is 2.70. The largest absolute Gasteiger partial charge is 0.416 e. The van der Waals surface area contributed by atoms with E-state index < -0.39 is 17.8 Å². The lowest BCUT2D eigenvalue weighted by atomic mass is 10.1. The molecule has 2 aromatic rings. The van der Waals surface area contributed by atoms with E-state index in [2.05, 4.69) is 10.3 Å². The van der Waals surface area contributed by atoms with Crippen molar-refractivity contribution in [2.45, 2.75) is 25.6 Å². The molecule has 3 rings (SSSR count). The fourth-order valence-electron chi connectivity index (χ4n) is 3.41. The van der Waals surface area contributed by atoms with Crippen molar-refractivity contribution in [2.75, 3.05) is 43.6 Å². The minimum absolute atomic E-state index is 0.158. The first kappa shape index (κ1) is 21.9. The van der Waals surface area contributed by atoms with E-state index in [9.17, 15) is 18.0 Å². The normalized spacial score (nSPS) is 14.1. The Morgan fingerprint density at radius 2 is 2.03 bits per heavy atom. The van der Waals surface area contributed by atoms with E-state index >= 15 is 0 Å². The molecule has 1 saturated heterocycles. The third-order valence-corrected chi connectivity index (χ3v) is 4.96. The molecule has 1 N–H and O–H groups in total. The van der Waals surface area contributed by atoms with Crippen molar-refractivity contribution in [2.24, 2.45) is 0 Å². The van der Waals surface area contributed by atoms with Crippen LogP contribution in [-0.2, 0) is 17.5 Å². The average molecular weight is 422 g/mol. The number of ether oxygens (including phenoxy) is 1. The molecule has 0 unspecified atom stereocenters. The first-order chi connectivity index (χ1) is 14.4. The maximum atomic E-state index is 13.3. The summed E-state index contributed by atoms with van der Waals surface area (Å²) in [6.07, 6.45) is 0.722. The van der Waals surface area contributed by atoms with Crippen LogP contribution in [0.25, 0.3) is 0 Å². The molecule has 9 heteroatoms. The Kier molecular flexibility index (Phi) is 7.15. The number of alkyl halides is 3. The highest BCUT2D eigenvalue weighted by Crippen LogP contribution is 2.36. The Labute approximate surface area is 173 Å². The van der Waals surface area contributed by atoms with Gasteiger partial charge in [0.15, 0.2) is 0 Å². The number of pyridine rings is 1. The molecule has 30 heavy (non-hydrogen) atoms. The van der Waals surface area contributed by atoms with E-state index in [0.717, 1.165) is 43.6 Å². The molecule has 1 fully saturated rings. The first-order valence-electron chi connectivity index (χ1n) is 9.78. The van der Waals surface area contributed by atoms with Crippen molar-refractivity contribution in [1.29, 1.82) is 0 Å². The molecule has 1 aliphatic rings. The Morgan fingerprint density at radius 1 is 1.27 bits per heavy atom. The molecule has 2 heterocycles. The highest BCUT2D eigenvalue weighted by Gasteiger charge is 2.32. The number of nitrogens with zero attached hydrogens (tertiary/aromatic N) is 3. The molecule has 1 aromatic carbocycles. The Morgan fingerprint density at radius 3 is 2.67 bits per heavy atom. The lowest BCUT2D eigenvalue weighted by molar-refractivity contribution is -0.137. The number of carbonyl (C=O) groups excluding carboxylic acids is 1. The number of urea groups is 1. The third kappa shape index (κ3) is 5.63. The van der Waals surface area contributed by atoms with Crippen molar-refractivity contribution < 1.29 is 22.7 Å². The minimum Gasteiger partial charge on any atom is -0.383 e. The number of amides is 2. The Hall–Kier alpha value is -2.81. The maximum Gasteiger partial charge on any atom is 0.416 e. The summed E-state index contributed by atoms with van der Waals surface area (Å²) in [6, 6.07) is 6.60. The van der Waals surface area contributed by atoms with Gasteiger partial charge in [0.1, 0.15) is 0 Å². The second kappa shape index (κ2) is 9.80. The second-order valence-corrected chi connectivity index (χ2v) is 7.13. The number of rotatable bonds is 7. The molecule has 0 aliphatic carbocycles. The molecule has 2 amide bonds. The summed E-state index contributed by atoms with van der Waals surface area (Å²) in [6.45, 7) is 2.35. The van der Waals surface area contributed by atoms with Crippen LogP contribution in [0.2, 0.25) is 0 Å². The highest BCUT2D eigenvalue weighted by atomic mass is 19.4. The zero-order valence-electron chi connectivity index (χ0n) is 16.8. The number of aromatic nitrogens is 1. The van der Waals surface area contributed by atoms with Gasteiger partial charge < -0.3 is 19.9 Å². The van der Waals surface area contributed by atoms with Gasteiger partial charge in [-0.1, -0.05) is 6.07 Å². The van der Waals surface area contributed by atoms with E-state index in [1.54, 1.807) is 18.5 Å². The van der Waals surface area contributed by atoms with Crippen LogP contribution < -0.4 is 10.2 Å². The van der Waals surface area contributed by atoms with E-state index in [1.165, 1.54) is 18.1 Å². The van der Waals surface area contributed by atoms with Crippen LogP contribution in [0.3, 0.4) is 0 Å². The van der Waals surface area contributed by atoms with Gasteiger partial charge in [0.2, 0.25) is 0 Å². The van der Waals surface area contributed by atoms with Gasteiger partial charge in [-0.05, 0) is 42.7 Å². The quantitative estimate of drug-likeness (QED) is 0.720. The predicted octanol–water partition coefficient (Wildman–Crippen LogP) is 4.38. The summed E-state index contributed by atoms with van der Waals surface area (Å²) in [4.78, 5) is 20.5. The molecule has 0 saturated carbocycles. The van der Waals surface area contributed by atoms with E-state index in [-0.39, 0.29) is 18.8 Å². The SMILES string of the molecule is COCCN(Cc1cccnc1)C(=O)Nc1cc(C(F)(F)F)ccc1N1CCCC1. The van der Waals surface area contributed by atoms with Gasteiger partial charge in [-0.3, -0.25) is 4.98 Å². The molecule has 0 bridgehead atoms. The highest BCUT2D eigenvalue weighted by molar-refractivity contribution is 5.93. The van der Waals surface area contributed by atoms with E-state index in [1.807, 2.05) is 11.0 Å². The molecule has 1 aliphatic heterocycles. The fraction of sp³-hybridized carbons (Fsp3) is 0.429. The lowest BCUT2D eigenvalue weighted by Gasteiger charge is -2.26. The number of nitrogens with one attached hydrogen (secondary N) is 1. The van der Waals surface area contributed by atoms with Gasteiger partial charge in [-0.2, -0.15) is 13.2 Å². The monoisotopic (exact) mass is 422 g/mol. The number of benzene rings is 1. The van der Waals surface area contributed by atoms with Gasteiger partial charge in [0, 0.05) is 45.7 Å². The van der Waals surface area contributed by atoms with Crippen molar-refractivity contribution in [3.05, 3.63) is 53.9 Å². The summed E-state index contributed by atoms with van der Waals surface area (Å²) in [7, 11) is 1.53. The van der Waals surface area contributed by atoms with Crippen LogP contribution in [0.4, 0.5) is 29.3 Å². The summed E-state index contributed by atoms with van der Waals surface area (Å²) in [5.74, 6) is 0. The smallest absolute Gasteiger partial charge is 0.383 e. The number of carbonyl (C=O) groups is 1. The third-order valence-electron chi connectivity index (χ3n) is 4.96. The zero-order valence-corrected chi connectivity index (χ0v) is 16.8. The molecular formula is C21H25F3N4O2. The number of hydrogen-bond acceptors (Lipinski definition) is 4. The van der Waals surface area contributed by atoms with Crippen LogP contribution in [0, 0.1) is 0 Å². The van der Waals surface area contributed by atoms with Crippen molar-refractivity contribution >= 4 is 17.4 Å². The second-order valence-electron chi connectivity index (χ2n) is 7.13. The molecule has 162 valence electrons. The number of hydrogen-bond donors (Lipinski definition) is 1. The minimum atomic E-state index is -4.49. The maximum absolute atomic E-state index is 13.3. The molecule has 1 aromatic heterocycles. The van der Waals surface area contributed by atoms with Crippen LogP contribution in [0.15, 0.2) is 42.7 Å². The van der Waals surface area contributed by atoms with Gasteiger partial charge in [-0.15, -0.1) is 0 Å². The molecule has 6 nitrogen and oxygen atoms in total. The van der Waals surface area contributed by atoms with Crippen LogP contribution in [-0.4, -0.2) is 49.3 Å². The molecular weight excluding hydrogens is 397 g/mol. The van der Waals surface area contributed by atoms with Crippen molar-refractivity contribution in [3.63, 3.8) is 0 Å².